The molecule has 38 heavy (non-hydrogen) atoms. The van der Waals surface area contributed by atoms with Crippen LogP contribution in [0.1, 0.15) is 37.6 Å². The lowest BCUT2D eigenvalue weighted by molar-refractivity contribution is -0.115. The molecule has 0 atom stereocenters. The normalized spacial score (nSPS) is 13.0. The average molecular weight is 578 g/mol. The number of rotatable bonds is 10. The molecule has 0 saturated carbocycles. The van der Waals surface area contributed by atoms with Crippen LogP contribution < -0.4 is 10.1 Å². The third-order valence-electron chi connectivity index (χ3n) is 5.87. The molecule has 2 aromatic heterocycles. The summed E-state index contributed by atoms with van der Waals surface area (Å²) in [6.07, 6.45) is 2.66. The first kappa shape index (κ1) is 28.0. The van der Waals surface area contributed by atoms with Crippen molar-refractivity contribution in [1.29, 1.82) is 0 Å². The van der Waals surface area contributed by atoms with Crippen LogP contribution in [0.5, 0.6) is 0 Å². The van der Waals surface area contributed by atoms with E-state index in [0.717, 1.165) is 51.7 Å². The fraction of sp³-hybridized carbons (Fsp3) is 0.400. The minimum Gasteiger partial charge on any atom is -0.465 e. The molecule has 0 aliphatic heterocycles. The number of thioether (sulfide) groups is 1. The minimum atomic E-state index is -0.454. The van der Waals surface area contributed by atoms with Crippen molar-refractivity contribution in [3.05, 3.63) is 44.6 Å². The molecule has 2 heterocycles. The third kappa shape index (κ3) is 6.17. The van der Waals surface area contributed by atoms with E-state index in [2.05, 4.69) is 10.3 Å². The monoisotopic (exact) mass is 577 g/mol. The van der Waals surface area contributed by atoms with Gasteiger partial charge in [-0.2, -0.15) is 4.99 Å². The fourth-order valence-corrected chi connectivity index (χ4v) is 7.15. The molecule has 0 spiro atoms. The van der Waals surface area contributed by atoms with Gasteiger partial charge >= 0.3 is 11.9 Å². The predicted molar refractivity (Wildman–Crippen MR) is 147 cm³/mol. The smallest absolute Gasteiger partial charge is 0.341 e. The first-order valence-electron chi connectivity index (χ1n) is 11.7. The van der Waals surface area contributed by atoms with E-state index in [1.807, 2.05) is 4.57 Å². The van der Waals surface area contributed by atoms with Gasteiger partial charge in [0.2, 0.25) is 5.91 Å². The number of aryl methyl sites for hydroxylation is 1. The van der Waals surface area contributed by atoms with Gasteiger partial charge in [-0.25, -0.2) is 9.59 Å². The number of methoxy groups -OCH3 is 3. The molecule has 0 bridgehead atoms. The van der Waals surface area contributed by atoms with Crippen molar-refractivity contribution < 1.29 is 33.4 Å². The second kappa shape index (κ2) is 12.7. The van der Waals surface area contributed by atoms with Crippen molar-refractivity contribution in [2.24, 2.45) is 4.99 Å². The summed E-state index contributed by atoms with van der Waals surface area (Å²) < 4.78 is 17.6. The Bertz CT molecular complexity index is 1450. The number of thiazole rings is 1. The number of thiophene rings is 1. The number of esters is 2. The quantitative estimate of drug-likeness (QED) is 0.364. The number of nitrogens with one attached hydrogen (secondary N) is 1. The molecule has 1 aliphatic carbocycles. The number of hydrogen-bond donors (Lipinski definition) is 1. The summed E-state index contributed by atoms with van der Waals surface area (Å²) in [6, 6.07) is 5.16. The first-order chi connectivity index (χ1) is 18.4. The van der Waals surface area contributed by atoms with E-state index < -0.39 is 11.9 Å². The van der Waals surface area contributed by atoms with Gasteiger partial charge in [0.05, 0.1) is 53.7 Å². The van der Waals surface area contributed by atoms with Crippen LogP contribution in [-0.4, -0.2) is 67.8 Å². The molecule has 0 radical (unpaired) electrons. The van der Waals surface area contributed by atoms with E-state index in [1.165, 1.54) is 36.9 Å². The van der Waals surface area contributed by atoms with Crippen LogP contribution >= 0.6 is 34.4 Å². The number of fused-ring (bicyclic) bond motifs is 2. The Labute approximate surface area is 231 Å². The molecule has 202 valence electrons. The molecule has 0 unspecified atom stereocenters. The molecule has 1 N–H and O–H groups in total. The maximum Gasteiger partial charge on any atom is 0.341 e. The van der Waals surface area contributed by atoms with Gasteiger partial charge in [-0.3, -0.25) is 9.59 Å². The van der Waals surface area contributed by atoms with Crippen molar-refractivity contribution in [1.82, 2.24) is 4.57 Å². The predicted octanol–water partition coefficient (Wildman–Crippen LogP) is 3.27. The summed E-state index contributed by atoms with van der Waals surface area (Å²) in [5.41, 5.74) is 2.63. The number of anilines is 1. The van der Waals surface area contributed by atoms with Crippen LogP contribution in [-0.2, 0) is 43.2 Å². The lowest BCUT2D eigenvalue weighted by Crippen LogP contribution is -2.20. The summed E-state index contributed by atoms with van der Waals surface area (Å²) in [5, 5.41) is 3.31. The molecule has 0 fully saturated rings. The SMILES string of the molecule is COCCn1c(=NC(=O)CSCC(=O)Nc2sc3c(c2C(=O)OC)CCC3)sc2cc(C(=O)OC)ccc21. The van der Waals surface area contributed by atoms with Crippen molar-refractivity contribution in [2.75, 3.05) is 44.8 Å². The van der Waals surface area contributed by atoms with E-state index in [-0.39, 0.29) is 23.3 Å². The summed E-state index contributed by atoms with van der Waals surface area (Å²) in [7, 11) is 4.24. The number of nitrogens with zero attached hydrogens (tertiary/aromatic N) is 2. The van der Waals surface area contributed by atoms with Crippen molar-refractivity contribution >= 4 is 73.4 Å². The Morgan fingerprint density at radius 1 is 1.05 bits per heavy atom. The van der Waals surface area contributed by atoms with Crippen molar-refractivity contribution in [3.8, 4) is 0 Å². The number of carbonyl (C=O) groups excluding carboxylic acids is 4. The van der Waals surface area contributed by atoms with Crippen molar-refractivity contribution in [3.63, 3.8) is 0 Å². The Balaban J connectivity index is 1.43. The zero-order valence-corrected chi connectivity index (χ0v) is 23.6. The molecular weight excluding hydrogens is 550 g/mol. The van der Waals surface area contributed by atoms with E-state index in [1.54, 1.807) is 25.3 Å². The molecule has 3 aromatic rings. The molecule has 1 aromatic carbocycles. The van der Waals surface area contributed by atoms with Crippen LogP contribution in [0.4, 0.5) is 5.00 Å². The molecule has 10 nitrogen and oxygen atoms in total. The van der Waals surface area contributed by atoms with Gasteiger partial charge in [-0.15, -0.1) is 23.1 Å². The van der Waals surface area contributed by atoms with Crippen LogP contribution in [0.2, 0.25) is 0 Å². The van der Waals surface area contributed by atoms with Gasteiger partial charge in [0.1, 0.15) is 5.00 Å². The highest BCUT2D eigenvalue weighted by molar-refractivity contribution is 8.00. The van der Waals surface area contributed by atoms with Crippen LogP contribution in [0.3, 0.4) is 0 Å². The van der Waals surface area contributed by atoms with Crippen LogP contribution in [0, 0.1) is 0 Å². The van der Waals surface area contributed by atoms with Crippen LogP contribution in [0.15, 0.2) is 23.2 Å². The maximum absolute atomic E-state index is 12.7. The van der Waals surface area contributed by atoms with Gasteiger partial charge in [-0.05, 0) is 43.0 Å². The number of hydrogen-bond acceptors (Lipinski definition) is 10. The van der Waals surface area contributed by atoms with E-state index in [9.17, 15) is 19.2 Å². The second-order valence-electron chi connectivity index (χ2n) is 8.30. The van der Waals surface area contributed by atoms with Crippen molar-refractivity contribution in [2.45, 2.75) is 25.8 Å². The molecule has 2 amide bonds. The van der Waals surface area contributed by atoms with Gasteiger partial charge in [0, 0.05) is 18.5 Å². The highest BCUT2D eigenvalue weighted by Gasteiger charge is 2.28. The third-order valence-corrected chi connectivity index (χ3v) is 9.03. The Morgan fingerprint density at radius 3 is 2.58 bits per heavy atom. The molecule has 13 heteroatoms. The zero-order valence-electron chi connectivity index (χ0n) is 21.2. The Morgan fingerprint density at radius 2 is 1.84 bits per heavy atom. The topological polar surface area (TPSA) is 125 Å². The Hall–Kier alpha value is -3.00. The van der Waals surface area contributed by atoms with Crippen LogP contribution in [0.25, 0.3) is 10.2 Å². The summed E-state index contributed by atoms with van der Waals surface area (Å²) in [5.74, 6) is -1.56. The standard InChI is InChI=1S/C25H27N3O7S3/c1-33-10-9-28-16-8-7-14(23(31)34-2)11-18(16)38-25(28)27-20(30)13-36-12-19(29)26-22-21(24(32)35-3)15-5-4-6-17(15)37-22/h7-8,11H,4-6,9-10,12-13H2,1-3H3,(H,26,29). The first-order valence-corrected chi connectivity index (χ1v) is 14.5. The number of ether oxygens (including phenoxy) is 3. The molecular formula is C25H27N3O7S3. The summed E-state index contributed by atoms with van der Waals surface area (Å²) in [4.78, 5) is 55.3. The second-order valence-corrected chi connectivity index (χ2v) is 11.4. The van der Waals surface area contributed by atoms with E-state index in [4.69, 9.17) is 14.2 Å². The number of benzene rings is 1. The maximum atomic E-state index is 12.7. The number of carbonyl (C=O) groups is 4. The number of amides is 2. The Kier molecular flexibility index (Phi) is 9.36. The van der Waals surface area contributed by atoms with Gasteiger partial charge < -0.3 is 24.1 Å². The van der Waals surface area contributed by atoms with Gasteiger partial charge in [-0.1, -0.05) is 11.3 Å². The minimum absolute atomic E-state index is 0.00412. The molecule has 0 saturated heterocycles. The highest BCUT2D eigenvalue weighted by atomic mass is 32.2. The molecule has 1 aliphatic rings. The highest BCUT2D eigenvalue weighted by Crippen LogP contribution is 2.39. The average Bonchev–Trinajstić information content (AvgIpc) is 3.58. The van der Waals surface area contributed by atoms with Gasteiger partial charge in [0.25, 0.3) is 5.91 Å². The largest absolute Gasteiger partial charge is 0.465 e. The zero-order chi connectivity index (χ0) is 27.2. The molecule has 4 rings (SSSR count). The lowest BCUT2D eigenvalue weighted by atomic mass is 10.1. The number of aromatic nitrogens is 1. The summed E-state index contributed by atoms with van der Waals surface area (Å²) in [6.45, 7) is 0.893. The lowest BCUT2D eigenvalue weighted by Gasteiger charge is -2.06. The van der Waals surface area contributed by atoms with Gasteiger partial charge in [0.15, 0.2) is 4.80 Å². The fourth-order valence-electron chi connectivity index (χ4n) is 4.15. The van der Waals surface area contributed by atoms with E-state index in [0.29, 0.717) is 34.1 Å². The summed E-state index contributed by atoms with van der Waals surface area (Å²) >= 11 is 3.83. The van der Waals surface area contributed by atoms with E-state index >= 15 is 0 Å².